The van der Waals surface area contributed by atoms with E-state index >= 15 is 0 Å². The van der Waals surface area contributed by atoms with E-state index in [1.54, 1.807) is 27.2 Å². The molecule has 0 saturated carbocycles. The monoisotopic (exact) mass is 949 g/mol. The lowest BCUT2D eigenvalue weighted by molar-refractivity contribution is -0.189. The number of carbonyl (C=O) groups is 4. The number of aliphatic hydroxyl groups is 1. The number of likely N-dealkylation sites (N-methyl/N-ethyl adjacent to an activating group) is 2. The van der Waals surface area contributed by atoms with Crippen molar-refractivity contribution >= 4 is 56.1 Å². The fraction of sp³-hybridized carbons (Fsp3) is 0.565. The quantitative estimate of drug-likeness (QED) is 0.192. The van der Waals surface area contributed by atoms with Crippen LogP contribution in [0.1, 0.15) is 76.8 Å². The first-order valence-corrected chi connectivity index (χ1v) is 25.1. The van der Waals surface area contributed by atoms with Crippen molar-refractivity contribution in [1.82, 2.24) is 44.4 Å². The van der Waals surface area contributed by atoms with E-state index in [0.29, 0.717) is 23.7 Å². The van der Waals surface area contributed by atoms with Gasteiger partial charge in [0, 0.05) is 99.2 Å². The summed E-state index contributed by atoms with van der Waals surface area (Å²) in [6.45, 7) is 12.7. The minimum Gasteiger partial charge on any atom is -0.462 e. The number of esters is 1. The standard InChI is InChI=1S/C46H63N9O9S2/c1-11-54-36-16-15-29-20-32(36)33(40(54)31-14-12-18-47-38(31)28(4)63-9)22-45(5,6)26-64-43(58)46(60)17-13-19-55(50-46)42(57)34(21-37-48-35(29)25-65-37)49-41(56)39(27(2)3)51(7)44(59)53-23-30(24-53)52(8)66(10,61)62/h12,14-16,18,20,25,27-28,30,34,39,50,60H,11,13,17,19,21-24,26H2,1-10H3,(H,49,56)/t28-,34-,39-,46-/m0/s1. The van der Waals surface area contributed by atoms with Gasteiger partial charge in [0.2, 0.25) is 21.7 Å². The highest BCUT2D eigenvalue weighted by Gasteiger charge is 2.46. The Morgan fingerprint density at radius 2 is 1.88 bits per heavy atom. The Balaban J connectivity index is 1.27. The number of sulfonamides is 1. The van der Waals surface area contributed by atoms with Gasteiger partial charge >= 0.3 is 12.0 Å². The van der Waals surface area contributed by atoms with Gasteiger partial charge in [-0.25, -0.2) is 23.0 Å². The number of amides is 4. The smallest absolute Gasteiger partial charge is 0.355 e. The summed E-state index contributed by atoms with van der Waals surface area (Å²) in [7, 11) is 1.17. The van der Waals surface area contributed by atoms with Crippen molar-refractivity contribution < 1.29 is 42.2 Å². The van der Waals surface area contributed by atoms with Gasteiger partial charge in [-0.3, -0.25) is 19.6 Å². The number of rotatable bonds is 10. The van der Waals surface area contributed by atoms with E-state index in [1.807, 2.05) is 38.3 Å². The molecule has 0 unspecified atom stereocenters. The zero-order valence-corrected chi connectivity index (χ0v) is 41.1. The molecule has 18 nitrogen and oxygen atoms in total. The Morgan fingerprint density at radius 1 is 1.15 bits per heavy atom. The van der Waals surface area contributed by atoms with Crippen LogP contribution in [0.2, 0.25) is 0 Å². The number of cyclic esters (lactones) is 1. The molecular formula is C46H63N9O9S2. The molecule has 0 spiro atoms. The van der Waals surface area contributed by atoms with Crippen LogP contribution in [-0.2, 0) is 53.3 Å². The second-order valence-electron chi connectivity index (χ2n) is 18.9. The average Bonchev–Trinajstić information content (AvgIpc) is 3.84. The fourth-order valence-electron chi connectivity index (χ4n) is 9.24. The number of hydrazine groups is 1. The number of likely N-dealkylation sites (tertiary alicyclic amines) is 1. The number of nitrogens with one attached hydrogen (secondary N) is 2. The molecule has 0 radical (unpaired) electrons. The topological polar surface area (TPSA) is 209 Å². The molecule has 1 aromatic carbocycles. The molecule has 3 aromatic heterocycles. The molecule has 6 heterocycles. The number of pyridine rings is 1. The minimum absolute atomic E-state index is 0.0268. The lowest BCUT2D eigenvalue weighted by Crippen LogP contribution is -2.68. The van der Waals surface area contributed by atoms with E-state index in [9.17, 15) is 32.7 Å². The number of aromatic nitrogens is 3. The summed E-state index contributed by atoms with van der Waals surface area (Å²) in [6, 6.07) is 7.08. The maximum atomic E-state index is 14.6. The lowest BCUT2D eigenvalue weighted by atomic mass is 9.84. The van der Waals surface area contributed by atoms with E-state index in [1.165, 1.54) is 39.5 Å². The summed E-state index contributed by atoms with van der Waals surface area (Å²) in [5, 5.41) is 19.4. The molecule has 0 aliphatic carbocycles. The van der Waals surface area contributed by atoms with E-state index in [-0.39, 0.29) is 57.6 Å². The first-order chi connectivity index (χ1) is 31.1. The molecule has 4 aromatic rings. The maximum absolute atomic E-state index is 14.6. The fourth-order valence-corrected chi connectivity index (χ4v) is 10.8. The SMILES string of the molecule is CCn1c(-c2cccnc2[C@H](C)OC)c2c3cc(ccc31)-c1csc(n1)C[C@H](NC(=O)[C@H](C(C)C)N(C)C(=O)N1CC(N(C)S(C)(=O)=O)C1)C(=O)N1CCC[C@@](O)(N1)C(=O)OCC(C)(C)C2. The van der Waals surface area contributed by atoms with Crippen LogP contribution < -0.4 is 10.7 Å². The lowest BCUT2D eigenvalue weighted by Gasteiger charge is -2.45. The molecule has 3 aliphatic heterocycles. The van der Waals surface area contributed by atoms with Crippen molar-refractivity contribution in [2.24, 2.45) is 11.3 Å². The van der Waals surface area contributed by atoms with Crippen molar-refractivity contribution in [2.45, 2.75) is 104 Å². The van der Waals surface area contributed by atoms with Crippen molar-refractivity contribution in [3.63, 3.8) is 0 Å². The number of nitrogens with zero attached hydrogens (tertiary/aromatic N) is 7. The molecule has 6 bridgehead atoms. The van der Waals surface area contributed by atoms with Gasteiger partial charge < -0.3 is 34.3 Å². The van der Waals surface area contributed by atoms with Gasteiger partial charge in [-0.05, 0) is 62.4 Å². The van der Waals surface area contributed by atoms with E-state index in [0.717, 1.165) is 50.2 Å². The van der Waals surface area contributed by atoms with Crippen LogP contribution in [0.5, 0.6) is 0 Å². The summed E-state index contributed by atoms with van der Waals surface area (Å²) in [6.07, 6.45) is 3.24. The van der Waals surface area contributed by atoms with Crippen molar-refractivity contribution in [3.05, 3.63) is 58.2 Å². The summed E-state index contributed by atoms with van der Waals surface area (Å²) in [5.41, 5.74) is 6.09. The second-order valence-corrected chi connectivity index (χ2v) is 21.9. The van der Waals surface area contributed by atoms with Crippen LogP contribution >= 0.6 is 11.3 Å². The van der Waals surface area contributed by atoms with Gasteiger partial charge in [-0.2, -0.15) is 9.73 Å². The van der Waals surface area contributed by atoms with E-state index < -0.39 is 63.0 Å². The van der Waals surface area contributed by atoms with Crippen LogP contribution in [0.4, 0.5) is 4.79 Å². The number of fused-ring (bicyclic) bond motifs is 6. The molecule has 2 saturated heterocycles. The Morgan fingerprint density at radius 3 is 2.55 bits per heavy atom. The predicted octanol–water partition coefficient (Wildman–Crippen LogP) is 4.17. The van der Waals surface area contributed by atoms with Crippen LogP contribution in [0.3, 0.4) is 0 Å². The summed E-state index contributed by atoms with van der Waals surface area (Å²) in [5.74, 6) is -2.54. The van der Waals surface area contributed by atoms with E-state index in [2.05, 4.69) is 40.4 Å². The van der Waals surface area contributed by atoms with Gasteiger partial charge in [0.1, 0.15) is 12.1 Å². The summed E-state index contributed by atoms with van der Waals surface area (Å²) < 4.78 is 39.4. The summed E-state index contributed by atoms with van der Waals surface area (Å²) >= 11 is 1.34. The van der Waals surface area contributed by atoms with Crippen LogP contribution in [0.25, 0.3) is 33.4 Å². The first-order valence-electron chi connectivity index (χ1n) is 22.4. The third kappa shape index (κ3) is 9.71. The number of thiazole rings is 1. The van der Waals surface area contributed by atoms with E-state index in [4.69, 9.17) is 19.4 Å². The number of urea groups is 1. The number of methoxy groups -OCH3 is 1. The van der Waals surface area contributed by atoms with Gasteiger partial charge in [-0.1, -0.05) is 33.8 Å². The molecule has 4 atom stereocenters. The Kier molecular flexibility index (Phi) is 14.0. The van der Waals surface area contributed by atoms with Crippen LogP contribution in [-0.4, -0.2) is 149 Å². The third-order valence-electron chi connectivity index (χ3n) is 13.0. The summed E-state index contributed by atoms with van der Waals surface area (Å²) in [4.78, 5) is 69.2. The first kappa shape index (κ1) is 48.9. The maximum Gasteiger partial charge on any atom is 0.355 e. The Labute approximate surface area is 390 Å². The van der Waals surface area contributed by atoms with Crippen molar-refractivity contribution in [1.29, 1.82) is 0 Å². The number of hydrogen-bond donors (Lipinski definition) is 3. The number of hydrogen-bond acceptors (Lipinski definition) is 13. The Hall–Kier alpha value is -4.99. The van der Waals surface area contributed by atoms with Crippen LogP contribution in [0, 0.1) is 11.3 Å². The van der Waals surface area contributed by atoms with Crippen molar-refractivity contribution in [2.75, 3.05) is 53.7 Å². The number of benzene rings is 1. The highest BCUT2D eigenvalue weighted by atomic mass is 32.2. The molecule has 66 heavy (non-hydrogen) atoms. The van der Waals surface area contributed by atoms with Gasteiger partial charge in [0.25, 0.3) is 5.91 Å². The number of ether oxygens (including phenoxy) is 2. The number of aryl methyl sites for hydroxylation is 1. The predicted molar refractivity (Wildman–Crippen MR) is 250 cm³/mol. The number of carbonyl (C=O) groups excluding carboxylic acids is 4. The molecular weight excluding hydrogens is 887 g/mol. The zero-order valence-electron chi connectivity index (χ0n) is 39.5. The molecule has 2 fully saturated rings. The van der Waals surface area contributed by atoms with Gasteiger partial charge in [0.15, 0.2) is 0 Å². The van der Waals surface area contributed by atoms with Gasteiger partial charge in [0.05, 0.1) is 47.1 Å². The Bertz CT molecular complexity index is 2610. The van der Waals surface area contributed by atoms with Crippen LogP contribution in [0.15, 0.2) is 41.9 Å². The molecule has 20 heteroatoms. The molecule has 358 valence electrons. The molecule has 3 aliphatic rings. The average molecular weight is 950 g/mol. The van der Waals surface area contributed by atoms with Crippen molar-refractivity contribution in [3.8, 4) is 22.5 Å². The van der Waals surface area contributed by atoms with Gasteiger partial charge in [-0.15, -0.1) is 11.3 Å². The largest absolute Gasteiger partial charge is 0.462 e. The minimum atomic E-state index is -3.47. The third-order valence-corrected chi connectivity index (χ3v) is 15.3. The normalized spacial score (nSPS) is 21.6. The highest BCUT2D eigenvalue weighted by molar-refractivity contribution is 7.88. The highest BCUT2D eigenvalue weighted by Crippen LogP contribution is 2.42. The zero-order chi connectivity index (χ0) is 48.0. The molecule has 3 N–H and O–H groups in total. The molecule has 4 amide bonds. The molecule has 7 rings (SSSR count). The second kappa shape index (κ2) is 19.0.